The first-order chi connectivity index (χ1) is 17.2. The number of fused-ring (bicyclic) bond motifs is 1. The van der Waals surface area contributed by atoms with Gasteiger partial charge in [-0.25, -0.2) is 0 Å². The quantitative estimate of drug-likeness (QED) is 0.473. The normalized spacial score (nSPS) is 20.2. The molecular weight excluding hydrogens is 517 g/mol. The number of benzene rings is 2. The van der Waals surface area contributed by atoms with Gasteiger partial charge in [0.1, 0.15) is 0 Å². The summed E-state index contributed by atoms with van der Waals surface area (Å²) in [4.78, 5) is 26.8. The minimum Gasteiger partial charge on any atom is -0.378 e. The molecule has 0 bridgehead atoms. The van der Waals surface area contributed by atoms with Crippen molar-refractivity contribution in [3.05, 3.63) is 69.2 Å². The van der Waals surface area contributed by atoms with Crippen molar-refractivity contribution in [2.24, 2.45) is 0 Å². The van der Waals surface area contributed by atoms with E-state index in [-0.39, 0.29) is 40.9 Å². The lowest BCUT2D eigenvalue weighted by atomic mass is 10.1. The van der Waals surface area contributed by atoms with Crippen LogP contribution >= 0.6 is 23.4 Å². The predicted octanol–water partition coefficient (Wildman–Crippen LogP) is 4.78. The molecule has 188 valence electrons. The summed E-state index contributed by atoms with van der Waals surface area (Å²) in [7, 11) is 0. The van der Waals surface area contributed by atoms with Crippen LogP contribution in [0.25, 0.3) is 17.0 Å². The Hall–Kier alpha value is -2.86. The number of rotatable bonds is 5. The van der Waals surface area contributed by atoms with Gasteiger partial charge in [0.05, 0.1) is 41.9 Å². The third kappa shape index (κ3) is 5.15. The van der Waals surface area contributed by atoms with Crippen LogP contribution in [0, 0.1) is 0 Å². The molecule has 0 radical (unpaired) electrons. The number of ether oxygens (including phenoxy) is 1. The number of hydrogen-bond donors (Lipinski definition) is 1. The third-order valence-corrected chi connectivity index (χ3v) is 7.08. The van der Waals surface area contributed by atoms with E-state index in [0.717, 1.165) is 17.8 Å². The molecule has 1 unspecified atom stereocenters. The standard InChI is InChI=1S/C24H20ClF3N4O3S/c25-17-3-2-15(19(9-17)24(26,27)28)11-32-20-4-1-14(7-16(20)10-30-32)8-21-22(33)31(23(34)36-21)12-18-13-35-6-5-29-18/h1-4,7-10,18,29H,5-6,11-13H2/b21-8-. The highest BCUT2D eigenvalue weighted by molar-refractivity contribution is 8.18. The summed E-state index contributed by atoms with van der Waals surface area (Å²) in [5, 5.41) is 7.84. The summed E-state index contributed by atoms with van der Waals surface area (Å²) in [5.74, 6) is -0.365. The fourth-order valence-corrected chi connectivity index (χ4v) is 5.22. The van der Waals surface area contributed by atoms with Gasteiger partial charge in [0, 0.05) is 29.5 Å². The molecule has 1 aromatic heterocycles. The number of alkyl halides is 3. The highest BCUT2D eigenvalue weighted by Crippen LogP contribution is 2.35. The van der Waals surface area contributed by atoms with Gasteiger partial charge in [0.25, 0.3) is 11.1 Å². The second kappa shape index (κ2) is 9.89. The molecule has 0 saturated carbocycles. The van der Waals surface area contributed by atoms with Crippen LogP contribution < -0.4 is 5.32 Å². The predicted molar refractivity (Wildman–Crippen MR) is 131 cm³/mol. The monoisotopic (exact) mass is 536 g/mol. The number of amides is 2. The molecule has 2 aliphatic heterocycles. The highest BCUT2D eigenvalue weighted by Gasteiger charge is 2.37. The Morgan fingerprint density at radius 1 is 1.22 bits per heavy atom. The number of carbonyl (C=O) groups is 2. The van der Waals surface area contributed by atoms with Gasteiger partial charge < -0.3 is 10.1 Å². The topological polar surface area (TPSA) is 76.5 Å². The van der Waals surface area contributed by atoms with Gasteiger partial charge in [-0.05, 0) is 53.2 Å². The number of nitrogens with one attached hydrogen (secondary N) is 1. The molecule has 36 heavy (non-hydrogen) atoms. The first kappa shape index (κ1) is 24.8. The van der Waals surface area contributed by atoms with E-state index in [2.05, 4.69) is 10.4 Å². The maximum Gasteiger partial charge on any atom is 0.416 e. The summed E-state index contributed by atoms with van der Waals surface area (Å²) in [6.07, 6.45) is -1.36. The number of carbonyl (C=O) groups excluding carboxylic acids is 2. The molecule has 1 atom stereocenters. The zero-order valence-electron chi connectivity index (χ0n) is 18.7. The van der Waals surface area contributed by atoms with E-state index in [1.165, 1.54) is 21.7 Å². The van der Waals surface area contributed by atoms with E-state index in [1.54, 1.807) is 30.5 Å². The van der Waals surface area contributed by atoms with E-state index < -0.39 is 11.7 Å². The molecule has 12 heteroatoms. The van der Waals surface area contributed by atoms with Gasteiger partial charge in [-0.3, -0.25) is 19.2 Å². The fourth-order valence-electron chi connectivity index (χ4n) is 4.20. The summed E-state index contributed by atoms with van der Waals surface area (Å²) >= 11 is 6.65. The minimum atomic E-state index is -4.54. The molecular formula is C24H20ClF3N4O3S. The number of hydrogen-bond acceptors (Lipinski definition) is 6. The van der Waals surface area contributed by atoms with Crippen LogP contribution in [0.1, 0.15) is 16.7 Å². The van der Waals surface area contributed by atoms with Crippen LogP contribution in [0.2, 0.25) is 5.02 Å². The molecule has 2 saturated heterocycles. The molecule has 3 aromatic rings. The van der Waals surface area contributed by atoms with Gasteiger partial charge in [-0.15, -0.1) is 0 Å². The van der Waals surface area contributed by atoms with Crippen LogP contribution in [-0.2, 0) is 22.3 Å². The molecule has 2 aliphatic rings. The molecule has 5 rings (SSSR count). The summed E-state index contributed by atoms with van der Waals surface area (Å²) in [6.45, 7) is 1.84. The molecule has 2 fully saturated rings. The number of thioether (sulfide) groups is 1. The van der Waals surface area contributed by atoms with Crippen LogP contribution in [0.5, 0.6) is 0 Å². The van der Waals surface area contributed by atoms with Gasteiger partial charge in [0.2, 0.25) is 0 Å². The van der Waals surface area contributed by atoms with Crippen molar-refractivity contribution in [1.29, 1.82) is 0 Å². The first-order valence-electron chi connectivity index (χ1n) is 11.1. The van der Waals surface area contributed by atoms with Crippen LogP contribution in [0.3, 0.4) is 0 Å². The van der Waals surface area contributed by atoms with E-state index in [9.17, 15) is 22.8 Å². The lowest BCUT2D eigenvalue weighted by Crippen LogP contribution is -2.49. The Kier molecular flexibility index (Phi) is 6.82. The second-order valence-electron chi connectivity index (χ2n) is 8.44. The Morgan fingerprint density at radius 3 is 2.81 bits per heavy atom. The number of nitrogens with zero attached hydrogens (tertiary/aromatic N) is 3. The summed E-state index contributed by atoms with van der Waals surface area (Å²) in [5.41, 5.74) is 0.550. The van der Waals surface area contributed by atoms with Gasteiger partial charge in [-0.2, -0.15) is 18.3 Å². The molecule has 2 amide bonds. The van der Waals surface area contributed by atoms with Crippen LogP contribution in [0.15, 0.2) is 47.5 Å². The second-order valence-corrected chi connectivity index (χ2v) is 9.87. The molecule has 0 aliphatic carbocycles. The van der Waals surface area contributed by atoms with Crippen molar-refractivity contribution in [2.75, 3.05) is 26.3 Å². The molecule has 1 N–H and O–H groups in total. The average Bonchev–Trinajstić information content (AvgIpc) is 3.35. The number of morpholine rings is 1. The zero-order valence-corrected chi connectivity index (χ0v) is 20.3. The average molecular weight is 537 g/mol. The molecule has 0 spiro atoms. The maximum atomic E-state index is 13.5. The van der Waals surface area contributed by atoms with Crippen molar-refractivity contribution < 1.29 is 27.5 Å². The number of halogens is 4. The van der Waals surface area contributed by atoms with Crippen molar-refractivity contribution >= 4 is 51.5 Å². The lowest BCUT2D eigenvalue weighted by Gasteiger charge is -2.26. The van der Waals surface area contributed by atoms with E-state index in [0.29, 0.717) is 41.1 Å². The SMILES string of the molecule is O=C1S/C(=C\c2ccc3c(cnn3Cc3ccc(Cl)cc3C(F)(F)F)c2)C(=O)N1CC1COCCN1. The minimum absolute atomic E-state index is 0.00814. The van der Waals surface area contributed by atoms with Gasteiger partial charge in [0.15, 0.2) is 0 Å². The Balaban J connectivity index is 1.36. The van der Waals surface area contributed by atoms with Crippen LogP contribution in [0.4, 0.5) is 18.0 Å². The Bertz CT molecular complexity index is 1370. The Morgan fingerprint density at radius 2 is 2.06 bits per heavy atom. The molecule has 3 heterocycles. The summed E-state index contributed by atoms with van der Waals surface area (Å²) < 4.78 is 47.3. The first-order valence-corrected chi connectivity index (χ1v) is 12.3. The molecule has 2 aromatic carbocycles. The van der Waals surface area contributed by atoms with Crippen molar-refractivity contribution in [2.45, 2.75) is 18.8 Å². The zero-order chi connectivity index (χ0) is 25.4. The van der Waals surface area contributed by atoms with Crippen LogP contribution in [-0.4, -0.2) is 58.2 Å². The highest BCUT2D eigenvalue weighted by atomic mass is 35.5. The third-order valence-electron chi connectivity index (χ3n) is 5.94. The largest absolute Gasteiger partial charge is 0.416 e. The fraction of sp³-hybridized carbons (Fsp3) is 0.292. The maximum absolute atomic E-state index is 13.5. The van der Waals surface area contributed by atoms with E-state index >= 15 is 0 Å². The van der Waals surface area contributed by atoms with Gasteiger partial charge in [-0.1, -0.05) is 23.7 Å². The van der Waals surface area contributed by atoms with E-state index in [4.69, 9.17) is 16.3 Å². The van der Waals surface area contributed by atoms with Crippen molar-refractivity contribution in [3.63, 3.8) is 0 Å². The van der Waals surface area contributed by atoms with Crippen molar-refractivity contribution in [3.8, 4) is 0 Å². The molecule has 7 nitrogen and oxygen atoms in total. The number of aromatic nitrogens is 2. The smallest absolute Gasteiger partial charge is 0.378 e. The van der Waals surface area contributed by atoms with Gasteiger partial charge >= 0.3 is 6.18 Å². The summed E-state index contributed by atoms with van der Waals surface area (Å²) in [6, 6.07) is 8.80. The van der Waals surface area contributed by atoms with Crippen molar-refractivity contribution in [1.82, 2.24) is 20.0 Å². The lowest BCUT2D eigenvalue weighted by molar-refractivity contribution is -0.138. The van der Waals surface area contributed by atoms with E-state index in [1.807, 2.05) is 0 Å². The Labute approximate surface area is 213 Å². The number of imide groups is 1.